The van der Waals surface area contributed by atoms with Gasteiger partial charge in [0.25, 0.3) is 0 Å². The van der Waals surface area contributed by atoms with Crippen molar-refractivity contribution in [3.63, 3.8) is 0 Å². The molecule has 1 aromatic heterocycles. The first-order chi connectivity index (χ1) is 8.61. The van der Waals surface area contributed by atoms with E-state index in [2.05, 4.69) is 50.1 Å². The van der Waals surface area contributed by atoms with Gasteiger partial charge in [-0.15, -0.1) is 11.8 Å². The zero-order chi connectivity index (χ0) is 13.4. The molecule has 1 atom stereocenters. The van der Waals surface area contributed by atoms with Gasteiger partial charge in [-0.1, -0.05) is 6.92 Å². The van der Waals surface area contributed by atoms with E-state index < -0.39 is 0 Å². The first kappa shape index (κ1) is 15.5. The molecule has 3 heteroatoms. The molecule has 1 rings (SSSR count). The summed E-state index contributed by atoms with van der Waals surface area (Å²) >= 11 is 1.88. The molecular formula is C15H26N2S. The SMILES string of the molecule is CCCNC(C)CCCSc1cc(C)cc(C)n1. The number of hydrogen-bond donors (Lipinski definition) is 1. The number of aromatic nitrogens is 1. The molecule has 0 aliphatic rings. The minimum atomic E-state index is 0.637. The molecule has 0 saturated carbocycles. The van der Waals surface area contributed by atoms with Gasteiger partial charge in [-0.05, 0) is 70.0 Å². The summed E-state index contributed by atoms with van der Waals surface area (Å²) in [5.41, 5.74) is 2.43. The molecule has 1 heterocycles. The maximum Gasteiger partial charge on any atom is 0.0965 e. The second-order valence-electron chi connectivity index (χ2n) is 4.97. The van der Waals surface area contributed by atoms with E-state index in [-0.39, 0.29) is 0 Å². The Balaban J connectivity index is 2.21. The second kappa shape index (κ2) is 8.54. The van der Waals surface area contributed by atoms with Crippen LogP contribution in [0.25, 0.3) is 0 Å². The Bertz CT molecular complexity index is 332. The van der Waals surface area contributed by atoms with Crippen LogP contribution in [-0.4, -0.2) is 23.3 Å². The molecule has 0 aromatic carbocycles. The number of aryl methyl sites for hydroxylation is 2. The maximum absolute atomic E-state index is 4.55. The van der Waals surface area contributed by atoms with Crippen molar-refractivity contribution in [3.05, 3.63) is 23.4 Å². The van der Waals surface area contributed by atoms with Crippen LogP contribution in [0, 0.1) is 13.8 Å². The highest BCUT2D eigenvalue weighted by molar-refractivity contribution is 7.99. The molecule has 0 amide bonds. The quantitative estimate of drug-likeness (QED) is 0.569. The van der Waals surface area contributed by atoms with Gasteiger partial charge in [-0.3, -0.25) is 0 Å². The number of thioether (sulfide) groups is 1. The molecule has 0 aliphatic carbocycles. The van der Waals surface area contributed by atoms with Crippen LogP contribution in [-0.2, 0) is 0 Å². The normalized spacial score (nSPS) is 12.7. The summed E-state index contributed by atoms with van der Waals surface area (Å²) in [6.07, 6.45) is 3.71. The second-order valence-corrected chi connectivity index (χ2v) is 6.09. The van der Waals surface area contributed by atoms with Crippen molar-refractivity contribution in [2.75, 3.05) is 12.3 Å². The summed E-state index contributed by atoms with van der Waals surface area (Å²) < 4.78 is 0. The smallest absolute Gasteiger partial charge is 0.0965 e. The van der Waals surface area contributed by atoms with E-state index in [1.807, 2.05) is 11.8 Å². The van der Waals surface area contributed by atoms with Gasteiger partial charge < -0.3 is 5.32 Å². The fourth-order valence-electron chi connectivity index (χ4n) is 1.94. The molecule has 0 radical (unpaired) electrons. The molecule has 0 aliphatic heterocycles. The highest BCUT2D eigenvalue weighted by Crippen LogP contribution is 2.19. The van der Waals surface area contributed by atoms with Crippen molar-refractivity contribution in [2.45, 2.75) is 58.0 Å². The van der Waals surface area contributed by atoms with Crippen LogP contribution in [0.5, 0.6) is 0 Å². The Morgan fingerprint density at radius 1 is 1.33 bits per heavy atom. The highest BCUT2D eigenvalue weighted by Gasteiger charge is 2.02. The van der Waals surface area contributed by atoms with Crippen molar-refractivity contribution in [3.8, 4) is 0 Å². The number of hydrogen-bond acceptors (Lipinski definition) is 3. The summed E-state index contributed by atoms with van der Waals surface area (Å²) in [6.45, 7) is 9.81. The number of nitrogens with zero attached hydrogens (tertiary/aromatic N) is 1. The Hall–Kier alpha value is -0.540. The van der Waals surface area contributed by atoms with Crippen LogP contribution in [0.4, 0.5) is 0 Å². The fraction of sp³-hybridized carbons (Fsp3) is 0.667. The van der Waals surface area contributed by atoms with E-state index in [1.54, 1.807) is 0 Å². The van der Waals surface area contributed by atoms with Crippen molar-refractivity contribution in [1.82, 2.24) is 10.3 Å². The Labute approximate surface area is 116 Å². The Morgan fingerprint density at radius 3 is 2.78 bits per heavy atom. The molecule has 0 spiro atoms. The van der Waals surface area contributed by atoms with Crippen LogP contribution in [0.1, 0.15) is 44.4 Å². The lowest BCUT2D eigenvalue weighted by atomic mass is 10.2. The largest absolute Gasteiger partial charge is 0.314 e. The van der Waals surface area contributed by atoms with Crippen LogP contribution in [0.2, 0.25) is 0 Å². The number of pyridine rings is 1. The fourth-order valence-corrected chi connectivity index (χ4v) is 2.94. The predicted molar refractivity (Wildman–Crippen MR) is 81.4 cm³/mol. The van der Waals surface area contributed by atoms with Crippen molar-refractivity contribution in [2.24, 2.45) is 0 Å². The van der Waals surface area contributed by atoms with E-state index in [0.717, 1.165) is 18.0 Å². The number of nitrogens with one attached hydrogen (secondary N) is 1. The zero-order valence-corrected chi connectivity index (χ0v) is 12.9. The van der Waals surface area contributed by atoms with Crippen LogP contribution in [0.3, 0.4) is 0 Å². The summed E-state index contributed by atoms with van der Waals surface area (Å²) in [6, 6.07) is 4.94. The summed E-state index contributed by atoms with van der Waals surface area (Å²) in [7, 11) is 0. The third kappa shape index (κ3) is 6.41. The van der Waals surface area contributed by atoms with Crippen LogP contribution < -0.4 is 5.32 Å². The Morgan fingerprint density at radius 2 is 2.11 bits per heavy atom. The van der Waals surface area contributed by atoms with Gasteiger partial charge >= 0.3 is 0 Å². The molecule has 1 unspecified atom stereocenters. The van der Waals surface area contributed by atoms with Gasteiger partial charge in [0.05, 0.1) is 5.03 Å². The molecule has 0 saturated heterocycles. The van der Waals surface area contributed by atoms with Gasteiger partial charge in [0.2, 0.25) is 0 Å². The summed E-state index contributed by atoms with van der Waals surface area (Å²) in [5, 5.41) is 4.69. The third-order valence-corrected chi connectivity index (χ3v) is 3.85. The molecule has 102 valence electrons. The first-order valence-corrected chi connectivity index (χ1v) is 7.92. The third-order valence-electron chi connectivity index (χ3n) is 2.85. The monoisotopic (exact) mass is 266 g/mol. The minimum Gasteiger partial charge on any atom is -0.314 e. The molecule has 0 fully saturated rings. The Kier molecular flexibility index (Phi) is 7.36. The summed E-state index contributed by atoms with van der Waals surface area (Å²) in [5.74, 6) is 1.16. The van der Waals surface area contributed by atoms with Gasteiger partial charge in [0, 0.05) is 11.7 Å². The van der Waals surface area contributed by atoms with Gasteiger partial charge in [0.15, 0.2) is 0 Å². The first-order valence-electron chi connectivity index (χ1n) is 6.93. The minimum absolute atomic E-state index is 0.637. The summed E-state index contributed by atoms with van der Waals surface area (Å²) in [4.78, 5) is 4.55. The molecule has 1 N–H and O–H groups in total. The van der Waals surface area contributed by atoms with E-state index in [4.69, 9.17) is 0 Å². The molecule has 2 nitrogen and oxygen atoms in total. The van der Waals surface area contributed by atoms with Crippen molar-refractivity contribution < 1.29 is 0 Å². The van der Waals surface area contributed by atoms with Gasteiger partial charge in [-0.2, -0.15) is 0 Å². The molecular weight excluding hydrogens is 240 g/mol. The maximum atomic E-state index is 4.55. The van der Waals surface area contributed by atoms with Gasteiger partial charge in [-0.25, -0.2) is 4.98 Å². The lowest BCUT2D eigenvalue weighted by Crippen LogP contribution is -2.26. The number of rotatable bonds is 8. The van der Waals surface area contributed by atoms with E-state index in [0.29, 0.717) is 6.04 Å². The molecule has 18 heavy (non-hydrogen) atoms. The van der Waals surface area contributed by atoms with Gasteiger partial charge in [0.1, 0.15) is 0 Å². The molecule has 1 aromatic rings. The lowest BCUT2D eigenvalue weighted by Gasteiger charge is -2.12. The van der Waals surface area contributed by atoms with Crippen LogP contribution in [0.15, 0.2) is 17.2 Å². The average molecular weight is 266 g/mol. The standard InChI is InChI=1S/C15H26N2S/c1-5-8-16-13(3)7-6-9-18-15-11-12(2)10-14(4)17-15/h10-11,13,16H,5-9H2,1-4H3. The predicted octanol–water partition coefficient (Wildman–Crippen LogP) is 3.96. The van der Waals surface area contributed by atoms with Crippen LogP contribution >= 0.6 is 11.8 Å². The van der Waals surface area contributed by atoms with Crippen molar-refractivity contribution in [1.29, 1.82) is 0 Å². The average Bonchev–Trinajstić information content (AvgIpc) is 2.31. The van der Waals surface area contributed by atoms with E-state index >= 15 is 0 Å². The zero-order valence-electron chi connectivity index (χ0n) is 12.1. The molecule has 0 bridgehead atoms. The lowest BCUT2D eigenvalue weighted by molar-refractivity contribution is 0.510. The highest BCUT2D eigenvalue weighted by atomic mass is 32.2. The van der Waals surface area contributed by atoms with E-state index in [9.17, 15) is 0 Å². The van der Waals surface area contributed by atoms with E-state index in [1.165, 1.54) is 29.9 Å². The van der Waals surface area contributed by atoms with Crippen molar-refractivity contribution >= 4 is 11.8 Å². The topological polar surface area (TPSA) is 24.9 Å².